The molecule has 2 aliphatic carbocycles. The Labute approximate surface area is 125 Å². The minimum absolute atomic E-state index is 0.0481. The molecule has 5 heteroatoms. The molecular formula is C16H24O5. The number of ether oxygens (including phenoxy) is 5. The lowest BCUT2D eigenvalue weighted by Crippen LogP contribution is -2.50. The molecule has 0 unspecified atom stereocenters. The summed E-state index contributed by atoms with van der Waals surface area (Å²) in [6.07, 6.45) is 5.94. The minimum Gasteiger partial charge on any atom is -0.349 e. The molecule has 5 nitrogen and oxygen atoms in total. The van der Waals surface area contributed by atoms with Crippen LogP contribution in [0, 0.1) is 11.3 Å². The molecule has 3 aliphatic heterocycles. The highest BCUT2D eigenvalue weighted by molar-refractivity contribution is 5.08. The first kappa shape index (κ1) is 13.3. The van der Waals surface area contributed by atoms with Crippen LogP contribution >= 0.6 is 0 Å². The zero-order chi connectivity index (χ0) is 14.2. The molecule has 0 spiro atoms. The number of hydrogen-bond donors (Lipinski definition) is 0. The second kappa shape index (κ2) is 4.20. The lowest BCUT2D eigenvalue weighted by atomic mass is 9.87. The van der Waals surface area contributed by atoms with Gasteiger partial charge in [-0.15, -0.1) is 0 Å². The van der Waals surface area contributed by atoms with E-state index in [-0.39, 0.29) is 36.3 Å². The van der Waals surface area contributed by atoms with Gasteiger partial charge in [-0.3, -0.25) is 0 Å². The van der Waals surface area contributed by atoms with Gasteiger partial charge in [-0.2, -0.15) is 0 Å². The molecule has 7 atom stereocenters. The zero-order valence-corrected chi connectivity index (χ0v) is 12.7. The fourth-order valence-electron chi connectivity index (χ4n) is 4.86. The van der Waals surface area contributed by atoms with Crippen molar-refractivity contribution >= 4 is 0 Å². The van der Waals surface area contributed by atoms with E-state index in [1.165, 1.54) is 32.1 Å². The molecule has 0 bridgehead atoms. The SMILES string of the molecule is CC1(C)O[C@H]2O[C@@H]3CO[C@H]([C@@]45CCCC[C@@H]4C5)O[C@@H]3[C@H]2O1. The molecule has 0 aromatic carbocycles. The van der Waals surface area contributed by atoms with E-state index in [0.717, 1.165) is 5.92 Å². The predicted octanol–water partition coefficient (Wildman–Crippen LogP) is 2.18. The summed E-state index contributed by atoms with van der Waals surface area (Å²) in [6, 6.07) is 0. The summed E-state index contributed by atoms with van der Waals surface area (Å²) in [4.78, 5) is 0. The molecule has 0 radical (unpaired) electrons. The van der Waals surface area contributed by atoms with Crippen molar-refractivity contribution < 1.29 is 23.7 Å². The molecule has 0 amide bonds. The maximum absolute atomic E-state index is 6.35. The summed E-state index contributed by atoms with van der Waals surface area (Å²) in [5, 5.41) is 0. The van der Waals surface area contributed by atoms with Gasteiger partial charge in [-0.05, 0) is 39.0 Å². The Balaban J connectivity index is 1.34. The zero-order valence-electron chi connectivity index (χ0n) is 12.7. The van der Waals surface area contributed by atoms with Gasteiger partial charge in [-0.25, -0.2) is 0 Å². The van der Waals surface area contributed by atoms with Crippen molar-refractivity contribution in [1.29, 1.82) is 0 Å². The van der Waals surface area contributed by atoms with Gasteiger partial charge in [0, 0.05) is 5.41 Å². The van der Waals surface area contributed by atoms with Crippen molar-refractivity contribution in [3.05, 3.63) is 0 Å². The van der Waals surface area contributed by atoms with Crippen molar-refractivity contribution in [3.8, 4) is 0 Å². The second-order valence-electron chi connectivity index (χ2n) is 7.79. The normalized spacial score (nSPS) is 57.4. The van der Waals surface area contributed by atoms with Gasteiger partial charge in [0.15, 0.2) is 18.4 Å². The number of rotatable bonds is 1. The average Bonchev–Trinajstić information content (AvgIpc) is 3.02. The molecule has 5 aliphatic rings. The highest BCUT2D eigenvalue weighted by atomic mass is 16.9. The summed E-state index contributed by atoms with van der Waals surface area (Å²) in [5.41, 5.74) is 0.288. The Bertz CT molecular complexity index is 452. The van der Waals surface area contributed by atoms with Gasteiger partial charge in [0.1, 0.15) is 18.3 Å². The highest BCUT2D eigenvalue weighted by Gasteiger charge is 2.65. The summed E-state index contributed by atoms with van der Waals surface area (Å²) in [6.45, 7) is 4.46. The fourth-order valence-corrected chi connectivity index (χ4v) is 4.86. The Hall–Kier alpha value is -0.200. The molecule has 118 valence electrons. The van der Waals surface area contributed by atoms with E-state index in [1.54, 1.807) is 0 Å². The van der Waals surface area contributed by atoms with Crippen molar-refractivity contribution in [3.63, 3.8) is 0 Å². The van der Waals surface area contributed by atoms with E-state index in [1.807, 2.05) is 13.8 Å². The van der Waals surface area contributed by atoms with E-state index in [4.69, 9.17) is 23.7 Å². The fraction of sp³-hybridized carbons (Fsp3) is 1.00. The van der Waals surface area contributed by atoms with Gasteiger partial charge >= 0.3 is 0 Å². The third-order valence-corrected chi connectivity index (χ3v) is 5.97. The van der Waals surface area contributed by atoms with Gasteiger partial charge in [0.05, 0.1) is 6.61 Å². The van der Waals surface area contributed by atoms with Crippen LogP contribution in [0.2, 0.25) is 0 Å². The maximum Gasteiger partial charge on any atom is 0.190 e. The molecule has 3 heterocycles. The van der Waals surface area contributed by atoms with E-state index in [0.29, 0.717) is 6.61 Å². The molecule has 0 aromatic rings. The largest absolute Gasteiger partial charge is 0.349 e. The Morgan fingerprint density at radius 2 is 1.90 bits per heavy atom. The lowest BCUT2D eigenvalue weighted by molar-refractivity contribution is -0.300. The van der Waals surface area contributed by atoms with Crippen LogP contribution < -0.4 is 0 Å². The first-order chi connectivity index (χ1) is 10.1. The molecule has 5 fully saturated rings. The van der Waals surface area contributed by atoms with Crippen molar-refractivity contribution in [1.82, 2.24) is 0 Å². The van der Waals surface area contributed by atoms with Crippen LogP contribution in [-0.2, 0) is 23.7 Å². The van der Waals surface area contributed by atoms with Crippen molar-refractivity contribution in [2.24, 2.45) is 11.3 Å². The first-order valence-corrected chi connectivity index (χ1v) is 8.36. The summed E-state index contributed by atoms with van der Waals surface area (Å²) < 4.78 is 30.1. The minimum atomic E-state index is -0.581. The van der Waals surface area contributed by atoms with E-state index < -0.39 is 5.79 Å². The van der Waals surface area contributed by atoms with Crippen molar-refractivity contribution in [2.45, 2.75) is 82.6 Å². The van der Waals surface area contributed by atoms with Gasteiger partial charge < -0.3 is 23.7 Å². The molecular weight excluding hydrogens is 272 g/mol. The predicted molar refractivity (Wildman–Crippen MR) is 72.3 cm³/mol. The standard InChI is InChI=1S/C16H24O5/c1-15(2)20-12-11-10(18-13(12)21-15)8-17-14(19-11)16-6-4-3-5-9(16)7-16/h9-14H,3-8H2,1-2H3/t9-,10-,11+,12-,13-,14+,16-/m1/s1. The Morgan fingerprint density at radius 3 is 2.76 bits per heavy atom. The maximum atomic E-state index is 6.35. The third-order valence-electron chi connectivity index (χ3n) is 5.97. The summed E-state index contributed by atoms with van der Waals surface area (Å²) in [5.74, 6) is 0.228. The topological polar surface area (TPSA) is 46.2 Å². The number of fused-ring (bicyclic) bond motifs is 4. The molecule has 2 saturated carbocycles. The van der Waals surface area contributed by atoms with Crippen LogP contribution in [0.25, 0.3) is 0 Å². The lowest BCUT2D eigenvalue weighted by Gasteiger charge is -2.39. The molecule has 0 N–H and O–H groups in total. The Kier molecular flexibility index (Phi) is 2.65. The van der Waals surface area contributed by atoms with Crippen LogP contribution in [0.15, 0.2) is 0 Å². The highest BCUT2D eigenvalue weighted by Crippen LogP contribution is 2.65. The first-order valence-electron chi connectivity index (χ1n) is 8.36. The monoisotopic (exact) mass is 296 g/mol. The van der Waals surface area contributed by atoms with Crippen LogP contribution in [0.5, 0.6) is 0 Å². The molecule has 5 rings (SSSR count). The van der Waals surface area contributed by atoms with Crippen LogP contribution in [0.3, 0.4) is 0 Å². The summed E-state index contributed by atoms with van der Waals surface area (Å²) >= 11 is 0. The van der Waals surface area contributed by atoms with Gasteiger partial charge in [0.2, 0.25) is 0 Å². The summed E-state index contributed by atoms with van der Waals surface area (Å²) in [7, 11) is 0. The smallest absolute Gasteiger partial charge is 0.190 e. The van der Waals surface area contributed by atoms with Gasteiger partial charge in [0.25, 0.3) is 0 Å². The molecule has 0 aromatic heterocycles. The average molecular weight is 296 g/mol. The van der Waals surface area contributed by atoms with E-state index in [2.05, 4.69) is 0 Å². The number of hydrogen-bond acceptors (Lipinski definition) is 5. The van der Waals surface area contributed by atoms with Crippen LogP contribution in [0.4, 0.5) is 0 Å². The van der Waals surface area contributed by atoms with E-state index >= 15 is 0 Å². The second-order valence-corrected chi connectivity index (χ2v) is 7.79. The molecule has 21 heavy (non-hydrogen) atoms. The third kappa shape index (κ3) is 1.88. The van der Waals surface area contributed by atoms with Gasteiger partial charge in [-0.1, -0.05) is 12.8 Å². The molecule has 3 saturated heterocycles. The van der Waals surface area contributed by atoms with Crippen molar-refractivity contribution in [2.75, 3.05) is 6.61 Å². The quantitative estimate of drug-likeness (QED) is 0.742. The Morgan fingerprint density at radius 1 is 1.00 bits per heavy atom. The van der Waals surface area contributed by atoms with E-state index in [9.17, 15) is 0 Å². The van der Waals surface area contributed by atoms with Crippen LogP contribution in [-0.4, -0.2) is 43.3 Å². The van der Waals surface area contributed by atoms with Crippen LogP contribution in [0.1, 0.15) is 46.0 Å².